The van der Waals surface area contributed by atoms with E-state index in [1.807, 2.05) is 0 Å². The molecule has 13 aromatic rings. The lowest BCUT2D eigenvalue weighted by Crippen LogP contribution is -2.10. The van der Waals surface area contributed by atoms with Crippen molar-refractivity contribution in [2.45, 2.75) is 0 Å². The van der Waals surface area contributed by atoms with E-state index in [1.54, 1.807) is 11.3 Å². The quantitative estimate of drug-likeness (QED) is 0.168. The van der Waals surface area contributed by atoms with Gasteiger partial charge in [-0.1, -0.05) is 176 Å². The molecule has 13 rings (SSSR count). The highest BCUT2D eigenvalue weighted by molar-refractivity contribution is 7.25. The summed E-state index contributed by atoms with van der Waals surface area (Å²) in [5, 5.41) is 7.02. The van der Waals surface area contributed by atoms with E-state index in [0.29, 0.717) is 17.7 Å². The molecule has 0 bridgehead atoms. The van der Waals surface area contributed by atoms with E-state index in [9.17, 15) is 0 Å². The zero-order valence-corrected chi connectivity index (χ0v) is 34.7. The number of rotatable bonds is 6. The van der Waals surface area contributed by atoms with Crippen LogP contribution in [0.4, 0.5) is 0 Å². The van der Waals surface area contributed by atoms with Gasteiger partial charge < -0.3 is 0 Å². The number of fused-ring (bicyclic) bond motifs is 9. The number of hydrogen-bond donors (Lipinski definition) is 0. The molecule has 5 nitrogen and oxygen atoms in total. The molecule has 0 atom stereocenters. The van der Waals surface area contributed by atoms with E-state index in [-0.39, 0.29) is 0 Å². The summed E-state index contributed by atoms with van der Waals surface area (Å²) in [6.07, 6.45) is 0. The van der Waals surface area contributed by atoms with Gasteiger partial charge in [-0.15, -0.1) is 11.3 Å². The van der Waals surface area contributed by atoms with Crippen LogP contribution >= 0.6 is 11.3 Å². The highest BCUT2D eigenvalue weighted by Crippen LogP contribution is 2.40. The first kappa shape index (κ1) is 35.6. The molecule has 0 spiro atoms. The van der Waals surface area contributed by atoms with E-state index in [2.05, 4.69) is 221 Å². The second-order valence-electron chi connectivity index (χ2n) is 16.1. The predicted octanol–water partition coefficient (Wildman–Crippen LogP) is 15.1. The van der Waals surface area contributed by atoms with Crippen molar-refractivity contribution in [1.82, 2.24) is 24.1 Å². The van der Waals surface area contributed by atoms with Crippen LogP contribution in [-0.2, 0) is 0 Å². The second kappa shape index (κ2) is 14.2. The summed E-state index contributed by atoms with van der Waals surface area (Å²) < 4.78 is 6.93. The Morgan fingerprint density at radius 3 is 1.21 bits per heavy atom. The lowest BCUT2D eigenvalue weighted by Gasteiger charge is -2.13. The Balaban J connectivity index is 1.13. The van der Waals surface area contributed by atoms with Crippen molar-refractivity contribution in [2.24, 2.45) is 0 Å². The average molecular weight is 822 g/mol. The molecule has 9 aromatic carbocycles. The molecule has 0 unspecified atom stereocenters. The van der Waals surface area contributed by atoms with Crippen molar-refractivity contribution in [2.75, 3.05) is 0 Å². The molecule has 63 heavy (non-hydrogen) atoms. The molecular weight excluding hydrogens is 787 g/mol. The molecule has 4 heterocycles. The first-order valence-electron chi connectivity index (χ1n) is 21.2. The number of para-hydroxylation sites is 1. The van der Waals surface area contributed by atoms with E-state index in [1.165, 1.54) is 20.2 Å². The molecule has 0 radical (unpaired) electrons. The van der Waals surface area contributed by atoms with Crippen LogP contribution < -0.4 is 0 Å². The zero-order chi connectivity index (χ0) is 41.4. The van der Waals surface area contributed by atoms with Gasteiger partial charge in [0.2, 0.25) is 11.9 Å². The van der Waals surface area contributed by atoms with Crippen molar-refractivity contribution < 1.29 is 0 Å². The molecule has 294 valence electrons. The number of aromatic nitrogens is 5. The maximum atomic E-state index is 5.55. The first-order chi connectivity index (χ1) is 31.2. The van der Waals surface area contributed by atoms with Crippen LogP contribution in [0.25, 0.3) is 120 Å². The molecule has 0 aliphatic heterocycles. The fraction of sp³-hybridized carbons (Fsp3) is 0. The minimum absolute atomic E-state index is 0.548. The van der Waals surface area contributed by atoms with Gasteiger partial charge in [-0.2, -0.15) is 15.0 Å². The van der Waals surface area contributed by atoms with Crippen molar-refractivity contribution in [1.29, 1.82) is 0 Å². The molecule has 6 heteroatoms. The molecule has 0 aliphatic rings. The Labute approximate surface area is 366 Å². The Morgan fingerprint density at radius 2 is 0.667 bits per heavy atom. The van der Waals surface area contributed by atoms with Gasteiger partial charge >= 0.3 is 0 Å². The third kappa shape index (κ3) is 5.80. The molecule has 0 amide bonds. The predicted molar refractivity (Wildman–Crippen MR) is 263 cm³/mol. The number of nitrogens with zero attached hydrogens (tertiary/aromatic N) is 5. The fourth-order valence-corrected chi connectivity index (χ4v) is 10.5. The standard InChI is InChI=1S/C57H35N5S/c1-4-14-36(15-5-1)39-24-28-44-43-20-10-12-22-49(43)61(50(44)32-39)56-58-55(42-27-31-48-47-21-11-13-23-53(47)63-54(48)35-42)59-57(60-56)62-51-33-40(37-16-6-2-7-17-37)25-29-45(51)46-30-26-41(34-52(46)62)38-18-8-3-9-19-38/h1-35H. The minimum atomic E-state index is 0.548. The van der Waals surface area contributed by atoms with Crippen molar-refractivity contribution in [3.05, 3.63) is 212 Å². The van der Waals surface area contributed by atoms with Crippen molar-refractivity contribution in [3.63, 3.8) is 0 Å². The zero-order valence-electron chi connectivity index (χ0n) is 33.9. The van der Waals surface area contributed by atoms with Crippen LogP contribution in [0.2, 0.25) is 0 Å². The Kier molecular flexibility index (Phi) is 8.01. The molecule has 0 saturated heterocycles. The summed E-state index contributed by atoms with van der Waals surface area (Å²) in [7, 11) is 0. The van der Waals surface area contributed by atoms with Crippen LogP contribution in [0.15, 0.2) is 212 Å². The SMILES string of the molecule is c1ccc(-c2ccc3c4ccccc4n(-c4nc(-c5ccc6c(c5)sc5ccccc56)nc(-n5c6cc(-c7ccccc7)ccc6c6ccc(-c7ccccc7)cc65)n4)c3c2)cc1. The highest BCUT2D eigenvalue weighted by atomic mass is 32.1. The van der Waals surface area contributed by atoms with Gasteiger partial charge in [0.25, 0.3) is 0 Å². The molecule has 0 N–H and O–H groups in total. The molecule has 0 fully saturated rings. The summed E-state index contributed by atoms with van der Waals surface area (Å²) >= 11 is 1.80. The smallest absolute Gasteiger partial charge is 0.240 e. The first-order valence-corrected chi connectivity index (χ1v) is 22.0. The Morgan fingerprint density at radius 1 is 0.270 bits per heavy atom. The van der Waals surface area contributed by atoms with Crippen molar-refractivity contribution in [3.8, 4) is 56.7 Å². The lowest BCUT2D eigenvalue weighted by atomic mass is 10.0. The van der Waals surface area contributed by atoms with Crippen molar-refractivity contribution >= 4 is 75.1 Å². The topological polar surface area (TPSA) is 48.5 Å². The van der Waals surface area contributed by atoms with E-state index in [4.69, 9.17) is 15.0 Å². The lowest BCUT2D eigenvalue weighted by molar-refractivity contribution is 0.893. The summed E-state index contributed by atoms with van der Waals surface area (Å²) in [6.45, 7) is 0. The molecule has 0 saturated carbocycles. The third-order valence-corrected chi connectivity index (χ3v) is 13.5. The van der Waals surface area contributed by atoms with Gasteiger partial charge in [-0.3, -0.25) is 9.13 Å². The van der Waals surface area contributed by atoms with E-state index in [0.717, 1.165) is 82.6 Å². The maximum Gasteiger partial charge on any atom is 0.240 e. The largest absolute Gasteiger partial charge is 0.278 e. The third-order valence-electron chi connectivity index (χ3n) is 12.4. The van der Waals surface area contributed by atoms with Crippen LogP contribution in [-0.4, -0.2) is 24.1 Å². The Hall–Kier alpha value is -8.19. The van der Waals surface area contributed by atoms with Gasteiger partial charge in [-0.05, 0) is 69.8 Å². The van der Waals surface area contributed by atoms with Crippen LogP contribution in [0, 0.1) is 0 Å². The summed E-state index contributed by atoms with van der Waals surface area (Å²) in [6, 6.07) is 75.7. The summed E-state index contributed by atoms with van der Waals surface area (Å²) in [5.41, 5.74) is 11.8. The van der Waals surface area contributed by atoms with Crippen LogP contribution in [0.1, 0.15) is 0 Å². The monoisotopic (exact) mass is 821 g/mol. The van der Waals surface area contributed by atoms with Crippen LogP contribution in [0.3, 0.4) is 0 Å². The second-order valence-corrected chi connectivity index (χ2v) is 17.1. The van der Waals surface area contributed by atoms with E-state index < -0.39 is 0 Å². The van der Waals surface area contributed by atoms with Gasteiger partial charge in [0.1, 0.15) is 0 Å². The Bertz CT molecular complexity index is 3810. The molecule has 0 aliphatic carbocycles. The summed E-state index contributed by atoms with van der Waals surface area (Å²) in [4.78, 5) is 16.5. The summed E-state index contributed by atoms with van der Waals surface area (Å²) in [5.74, 6) is 1.70. The number of thiophene rings is 1. The number of hydrogen-bond acceptors (Lipinski definition) is 4. The van der Waals surface area contributed by atoms with Crippen LogP contribution in [0.5, 0.6) is 0 Å². The average Bonchev–Trinajstić information content (AvgIpc) is 4.01. The highest BCUT2D eigenvalue weighted by Gasteiger charge is 2.22. The number of benzene rings is 9. The fourth-order valence-electron chi connectivity index (χ4n) is 9.40. The normalized spacial score (nSPS) is 11.8. The van der Waals surface area contributed by atoms with Gasteiger partial charge in [-0.25, -0.2) is 0 Å². The molecule has 4 aromatic heterocycles. The van der Waals surface area contributed by atoms with Gasteiger partial charge in [0, 0.05) is 47.3 Å². The van der Waals surface area contributed by atoms with E-state index >= 15 is 0 Å². The maximum absolute atomic E-state index is 5.55. The van der Waals surface area contributed by atoms with Gasteiger partial charge in [0.15, 0.2) is 5.82 Å². The minimum Gasteiger partial charge on any atom is -0.278 e. The molecular formula is C57H35N5S. The van der Waals surface area contributed by atoms with Gasteiger partial charge in [0.05, 0.1) is 22.1 Å².